The van der Waals surface area contributed by atoms with E-state index in [4.69, 9.17) is 0 Å². The SMILES string of the molecule is CC(CN1C(=O)c2ccccc2C1=O)N1[Si](C)(C)CC[Si]1(C)C. The van der Waals surface area contributed by atoms with Crippen LogP contribution in [0, 0.1) is 0 Å². The Bertz CT molecular complexity index is 621. The quantitative estimate of drug-likeness (QED) is 0.622. The van der Waals surface area contributed by atoms with Crippen molar-refractivity contribution >= 4 is 28.3 Å². The van der Waals surface area contributed by atoms with Gasteiger partial charge >= 0.3 is 0 Å². The van der Waals surface area contributed by atoms with Gasteiger partial charge in [-0.3, -0.25) is 14.5 Å². The number of carbonyl (C=O) groups is 2. The van der Waals surface area contributed by atoms with Crippen molar-refractivity contribution in [2.45, 2.75) is 51.2 Å². The fourth-order valence-electron chi connectivity index (χ4n) is 4.62. The van der Waals surface area contributed by atoms with E-state index in [1.54, 1.807) is 12.1 Å². The molecule has 1 aromatic carbocycles. The van der Waals surface area contributed by atoms with E-state index in [1.807, 2.05) is 12.1 Å². The van der Waals surface area contributed by atoms with Crippen LogP contribution in [0.1, 0.15) is 27.6 Å². The van der Waals surface area contributed by atoms with E-state index >= 15 is 0 Å². The molecule has 0 aliphatic carbocycles. The number of hydrogen-bond acceptors (Lipinski definition) is 3. The van der Waals surface area contributed by atoms with Crippen molar-refractivity contribution in [3.8, 4) is 0 Å². The average molecular weight is 347 g/mol. The molecule has 124 valence electrons. The minimum Gasteiger partial charge on any atom is -0.342 e. The van der Waals surface area contributed by atoms with Gasteiger partial charge in [0.05, 0.1) is 11.1 Å². The molecule has 0 aromatic heterocycles. The summed E-state index contributed by atoms with van der Waals surface area (Å²) in [4.78, 5) is 26.6. The second kappa shape index (κ2) is 5.39. The van der Waals surface area contributed by atoms with Crippen molar-refractivity contribution in [1.29, 1.82) is 0 Å². The summed E-state index contributed by atoms with van der Waals surface area (Å²) < 4.78 is 2.75. The van der Waals surface area contributed by atoms with Gasteiger partial charge in [-0.25, -0.2) is 0 Å². The number of fused-ring (bicyclic) bond motifs is 1. The van der Waals surface area contributed by atoms with Gasteiger partial charge in [0.2, 0.25) is 0 Å². The summed E-state index contributed by atoms with van der Waals surface area (Å²) >= 11 is 0. The van der Waals surface area contributed by atoms with Crippen LogP contribution in [0.3, 0.4) is 0 Å². The fraction of sp³-hybridized carbons (Fsp3) is 0.529. The normalized spacial score (nSPS) is 24.1. The summed E-state index contributed by atoms with van der Waals surface area (Å²) in [5.74, 6) is -0.258. The number of nitrogens with zero attached hydrogens (tertiary/aromatic N) is 2. The first-order valence-electron chi connectivity index (χ1n) is 8.40. The molecule has 2 amide bonds. The maximum absolute atomic E-state index is 12.6. The molecule has 0 bridgehead atoms. The van der Waals surface area contributed by atoms with Gasteiger partial charge in [-0.05, 0) is 31.1 Å². The lowest BCUT2D eigenvalue weighted by atomic mass is 10.1. The van der Waals surface area contributed by atoms with Gasteiger partial charge in [-0.2, -0.15) is 0 Å². The zero-order valence-electron chi connectivity index (χ0n) is 14.7. The lowest BCUT2D eigenvalue weighted by molar-refractivity contribution is 0.0633. The van der Waals surface area contributed by atoms with Crippen LogP contribution in [0.15, 0.2) is 24.3 Å². The second-order valence-corrected chi connectivity index (χ2v) is 17.8. The van der Waals surface area contributed by atoms with Crippen LogP contribution >= 0.6 is 0 Å². The molecular weight excluding hydrogens is 320 g/mol. The van der Waals surface area contributed by atoms with E-state index in [2.05, 4.69) is 37.3 Å². The van der Waals surface area contributed by atoms with Crippen LogP contribution < -0.4 is 0 Å². The number of hydrogen-bond donors (Lipinski definition) is 0. The van der Waals surface area contributed by atoms with E-state index in [1.165, 1.54) is 17.0 Å². The molecule has 0 N–H and O–H groups in total. The zero-order chi connectivity index (χ0) is 17.0. The third kappa shape index (κ3) is 2.62. The van der Waals surface area contributed by atoms with Crippen LogP contribution in [-0.4, -0.2) is 50.0 Å². The molecule has 2 aliphatic heterocycles. The standard InChI is InChI=1S/C17H26N2O2Si2/c1-13(19-22(2,3)10-11-23(19,4)5)12-18-16(20)14-8-6-7-9-15(14)17(18)21/h6-9,13H,10-12H2,1-5H3. The Morgan fingerprint density at radius 3 is 1.83 bits per heavy atom. The van der Waals surface area contributed by atoms with Crippen LogP contribution in [-0.2, 0) is 0 Å². The summed E-state index contributed by atoms with van der Waals surface area (Å²) in [5, 5.41) is 0. The average Bonchev–Trinajstić information content (AvgIpc) is 2.84. The monoisotopic (exact) mass is 346 g/mol. The third-order valence-corrected chi connectivity index (χ3v) is 16.0. The molecule has 0 saturated carbocycles. The first-order valence-corrected chi connectivity index (χ1v) is 14.7. The van der Waals surface area contributed by atoms with Gasteiger partial charge in [-0.1, -0.05) is 38.3 Å². The highest BCUT2D eigenvalue weighted by Crippen LogP contribution is 2.39. The highest BCUT2D eigenvalue weighted by atomic mass is 28.4. The Kier molecular flexibility index (Phi) is 3.89. The lowest BCUT2D eigenvalue weighted by Gasteiger charge is -2.44. The summed E-state index contributed by atoms with van der Waals surface area (Å²) in [7, 11) is -2.84. The molecule has 23 heavy (non-hydrogen) atoms. The highest BCUT2D eigenvalue weighted by molar-refractivity contribution is 6.95. The Hall–Kier alpha value is -1.25. The molecule has 1 unspecified atom stereocenters. The van der Waals surface area contributed by atoms with Gasteiger partial charge in [0.25, 0.3) is 11.8 Å². The molecule has 1 aromatic rings. The van der Waals surface area contributed by atoms with E-state index in [-0.39, 0.29) is 17.9 Å². The summed E-state index contributed by atoms with van der Waals surface area (Å²) in [6, 6.07) is 10.1. The number of rotatable bonds is 3. The highest BCUT2D eigenvalue weighted by Gasteiger charge is 2.50. The molecule has 2 heterocycles. The van der Waals surface area contributed by atoms with E-state index < -0.39 is 16.5 Å². The summed E-state index contributed by atoms with van der Waals surface area (Å²) in [5.41, 5.74) is 1.11. The minimum absolute atomic E-state index is 0.129. The number of carbonyl (C=O) groups excluding carboxylic acids is 2. The van der Waals surface area contributed by atoms with Gasteiger partial charge in [0.15, 0.2) is 0 Å². The van der Waals surface area contributed by atoms with Crippen molar-refractivity contribution in [2.24, 2.45) is 0 Å². The molecule has 2 aliphatic rings. The van der Waals surface area contributed by atoms with Crippen molar-refractivity contribution in [1.82, 2.24) is 9.13 Å². The van der Waals surface area contributed by atoms with E-state index in [9.17, 15) is 9.59 Å². The molecule has 6 heteroatoms. The van der Waals surface area contributed by atoms with Crippen molar-refractivity contribution in [2.75, 3.05) is 6.54 Å². The molecule has 4 nitrogen and oxygen atoms in total. The molecule has 1 atom stereocenters. The molecule has 1 saturated heterocycles. The van der Waals surface area contributed by atoms with Crippen LogP contribution in [0.4, 0.5) is 0 Å². The molecule has 3 rings (SSSR count). The Morgan fingerprint density at radius 2 is 1.39 bits per heavy atom. The first-order chi connectivity index (χ1) is 10.6. The molecule has 0 radical (unpaired) electrons. The molecule has 1 fully saturated rings. The van der Waals surface area contributed by atoms with Crippen LogP contribution in [0.2, 0.25) is 38.3 Å². The third-order valence-electron chi connectivity index (χ3n) is 5.42. The predicted molar refractivity (Wildman–Crippen MR) is 97.7 cm³/mol. The predicted octanol–water partition coefficient (Wildman–Crippen LogP) is 3.40. The van der Waals surface area contributed by atoms with Crippen LogP contribution in [0.5, 0.6) is 0 Å². The van der Waals surface area contributed by atoms with Gasteiger partial charge in [0, 0.05) is 12.6 Å². The fourth-order valence-corrected chi connectivity index (χ4v) is 19.8. The maximum atomic E-state index is 12.6. The number of benzene rings is 1. The van der Waals surface area contributed by atoms with Crippen molar-refractivity contribution in [3.63, 3.8) is 0 Å². The Labute approximate surface area is 140 Å². The number of amides is 2. The van der Waals surface area contributed by atoms with Gasteiger partial charge in [-0.15, -0.1) is 0 Å². The largest absolute Gasteiger partial charge is 0.342 e. The molecule has 0 spiro atoms. The second-order valence-electron chi connectivity index (χ2n) is 8.11. The topological polar surface area (TPSA) is 40.6 Å². The lowest BCUT2D eigenvalue weighted by Crippen LogP contribution is -2.61. The van der Waals surface area contributed by atoms with Crippen molar-refractivity contribution < 1.29 is 9.59 Å². The van der Waals surface area contributed by atoms with Crippen molar-refractivity contribution in [3.05, 3.63) is 35.4 Å². The van der Waals surface area contributed by atoms with Gasteiger partial charge in [0.1, 0.15) is 16.5 Å². The van der Waals surface area contributed by atoms with E-state index in [0.717, 1.165) is 0 Å². The maximum Gasteiger partial charge on any atom is 0.261 e. The summed E-state index contributed by atoms with van der Waals surface area (Å²) in [6.45, 7) is 12.4. The Morgan fingerprint density at radius 1 is 0.957 bits per heavy atom. The van der Waals surface area contributed by atoms with Crippen LogP contribution in [0.25, 0.3) is 0 Å². The summed E-state index contributed by atoms with van der Waals surface area (Å²) in [6.07, 6.45) is 0. The Balaban J connectivity index is 1.83. The van der Waals surface area contributed by atoms with E-state index in [0.29, 0.717) is 17.7 Å². The first kappa shape index (κ1) is 16.6. The van der Waals surface area contributed by atoms with Gasteiger partial charge < -0.3 is 4.23 Å². The smallest absolute Gasteiger partial charge is 0.261 e. The number of imide groups is 1. The molecular formula is C17H26N2O2Si2. The minimum atomic E-state index is -1.42. The zero-order valence-corrected chi connectivity index (χ0v) is 16.7.